The van der Waals surface area contributed by atoms with Crippen molar-refractivity contribution in [3.05, 3.63) is 46.2 Å². The van der Waals surface area contributed by atoms with Crippen LogP contribution in [0.3, 0.4) is 0 Å². The van der Waals surface area contributed by atoms with Gasteiger partial charge in [0.1, 0.15) is 0 Å². The number of hydrogen-bond acceptors (Lipinski definition) is 2. The van der Waals surface area contributed by atoms with Crippen LogP contribution in [0.5, 0.6) is 0 Å². The summed E-state index contributed by atoms with van der Waals surface area (Å²) in [6.07, 6.45) is 3.20. The van der Waals surface area contributed by atoms with Gasteiger partial charge in [0.25, 0.3) is 0 Å². The smallest absolute Gasteiger partial charge is 0.203 e. The first kappa shape index (κ1) is 14.1. The zero-order valence-corrected chi connectivity index (χ0v) is 13.2. The Balaban J connectivity index is 2.16. The average Bonchev–Trinajstić information content (AvgIpc) is 2.70. The van der Waals surface area contributed by atoms with Crippen molar-refractivity contribution in [3.8, 4) is 0 Å². The van der Waals surface area contributed by atoms with Crippen LogP contribution in [0, 0.1) is 6.92 Å². The summed E-state index contributed by atoms with van der Waals surface area (Å²) in [7, 11) is 0. The van der Waals surface area contributed by atoms with E-state index in [2.05, 4.69) is 69.0 Å². The van der Waals surface area contributed by atoms with Gasteiger partial charge in [-0.1, -0.05) is 35.0 Å². The third kappa shape index (κ3) is 3.60. The number of imidazole rings is 1. The fraction of sp³-hybridized carbons (Fsp3) is 0.400. The fourth-order valence-corrected chi connectivity index (χ4v) is 2.54. The van der Waals surface area contributed by atoms with Gasteiger partial charge in [0.05, 0.1) is 11.7 Å². The van der Waals surface area contributed by atoms with Crippen LogP contribution in [0.25, 0.3) is 0 Å². The maximum atomic E-state index is 4.56. The maximum absolute atomic E-state index is 4.56. The lowest BCUT2D eigenvalue weighted by Gasteiger charge is -2.16. The van der Waals surface area contributed by atoms with Gasteiger partial charge in [-0.05, 0) is 38.0 Å². The molecule has 0 spiro atoms. The summed E-state index contributed by atoms with van der Waals surface area (Å²) < 4.78 is 3.29. The predicted molar refractivity (Wildman–Crippen MR) is 83.4 cm³/mol. The summed E-state index contributed by atoms with van der Waals surface area (Å²) in [5, 5.41) is 3.49. The molecule has 0 aliphatic rings. The van der Waals surface area contributed by atoms with Crippen molar-refractivity contribution < 1.29 is 0 Å². The molecule has 1 heterocycles. The maximum Gasteiger partial charge on any atom is 0.203 e. The van der Waals surface area contributed by atoms with Gasteiger partial charge in [0, 0.05) is 17.2 Å². The zero-order valence-electron chi connectivity index (χ0n) is 11.7. The molecule has 19 heavy (non-hydrogen) atoms. The molecule has 1 atom stereocenters. The van der Waals surface area contributed by atoms with E-state index in [9.17, 15) is 0 Å². The van der Waals surface area contributed by atoms with Crippen molar-refractivity contribution in [1.82, 2.24) is 9.55 Å². The highest BCUT2D eigenvalue weighted by Crippen LogP contribution is 2.22. The third-order valence-corrected chi connectivity index (χ3v) is 3.55. The van der Waals surface area contributed by atoms with Gasteiger partial charge in [-0.15, -0.1) is 0 Å². The Morgan fingerprint density at radius 1 is 1.42 bits per heavy atom. The van der Waals surface area contributed by atoms with Gasteiger partial charge in [-0.25, -0.2) is 4.98 Å². The topological polar surface area (TPSA) is 29.9 Å². The fourth-order valence-electron chi connectivity index (χ4n) is 2.13. The van der Waals surface area contributed by atoms with Gasteiger partial charge >= 0.3 is 0 Å². The van der Waals surface area contributed by atoms with E-state index in [-0.39, 0.29) is 6.04 Å². The lowest BCUT2D eigenvalue weighted by Crippen LogP contribution is -2.11. The first-order valence-electron chi connectivity index (χ1n) is 6.66. The van der Waals surface area contributed by atoms with Crippen LogP contribution in [-0.2, 0) is 6.54 Å². The Bertz CT molecular complexity index is 548. The van der Waals surface area contributed by atoms with E-state index in [1.165, 1.54) is 5.56 Å². The normalized spacial score (nSPS) is 12.4. The Labute approximate surface area is 123 Å². The SMILES string of the molecule is CCCn1cc(C)nc1NC(C)c1cccc(Br)c1. The third-order valence-electron chi connectivity index (χ3n) is 3.06. The largest absolute Gasteiger partial charge is 0.349 e. The van der Waals surface area contributed by atoms with Gasteiger partial charge in [0.15, 0.2) is 0 Å². The lowest BCUT2D eigenvalue weighted by atomic mass is 10.1. The number of nitrogens with one attached hydrogen (secondary N) is 1. The molecule has 0 bridgehead atoms. The minimum absolute atomic E-state index is 0.231. The minimum atomic E-state index is 0.231. The molecule has 1 unspecified atom stereocenters. The lowest BCUT2D eigenvalue weighted by molar-refractivity contribution is 0.674. The van der Waals surface area contributed by atoms with Gasteiger partial charge in [-0.2, -0.15) is 0 Å². The van der Waals surface area contributed by atoms with Crippen LogP contribution >= 0.6 is 15.9 Å². The molecule has 0 saturated carbocycles. The Hall–Kier alpha value is -1.29. The molecule has 0 radical (unpaired) electrons. The number of halogens is 1. The van der Waals surface area contributed by atoms with E-state index in [0.29, 0.717) is 0 Å². The summed E-state index contributed by atoms with van der Waals surface area (Å²) in [5.41, 5.74) is 2.30. The average molecular weight is 322 g/mol. The Kier molecular flexibility index (Phi) is 4.64. The molecule has 0 amide bonds. The van der Waals surface area contributed by atoms with Crippen molar-refractivity contribution in [2.75, 3.05) is 5.32 Å². The van der Waals surface area contributed by atoms with E-state index >= 15 is 0 Å². The van der Waals surface area contributed by atoms with Crippen LogP contribution in [0.15, 0.2) is 34.9 Å². The van der Waals surface area contributed by atoms with Gasteiger partial charge < -0.3 is 9.88 Å². The molecule has 2 aromatic rings. The molecular weight excluding hydrogens is 302 g/mol. The predicted octanol–water partition coefficient (Wildman–Crippen LogP) is 4.54. The molecule has 0 fully saturated rings. The number of benzene rings is 1. The van der Waals surface area contributed by atoms with Crippen molar-refractivity contribution in [3.63, 3.8) is 0 Å². The van der Waals surface area contributed by atoms with E-state index in [1.807, 2.05) is 13.0 Å². The first-order chi connectivity index (χ1) is 9.10. The van der Waals surface area contributed by atoms with Crippen LogP contribution in [0.1, 0.15) is 37.6 Å². The van der Waals surface area contributed by atoms with Crippen LogP contribution < -0.4 is 5.32 Å². The summed E-state index contributed by atoms with van der Waals surface area (Å²) in [5.74, 6) is 0.951. The van der Waals surface area contributed by atoms with E-state index in [0.717, 1.165) is 29.1 Å². The van der Waals surface area contributed by atoms with Crippen LogP contribution in [-0.4, -0.2) is 9.55 Å². The molecular formula is C15H20BrN3. The van der Waals surface area contributed by atoms with Crippen molar-refractivity contribution >= 4 is 21.9 Å². The van der Waals surface area contributed by atoms with Crippen molar-refractivity contribution in [2.24, 2.45) is 0 Å². The van der Waals surface area contributed by atoms with E-state index in [1.54, 1.807) is 0 Å². The number of aryl methyl sites for hydroxylation is 2. The summed E-state index contributed by atoms with van der Waals surface area (Å²) in [6, 6.07) is 8.59. The highest BCUT2D eigenvalue weighted by atomic mass is 79.9. The van der Waals surface area contributed by atoms with Crippen molar-refractivity contribution in [2.45, 2.75) is 39.8 Å². The molecule has 2 rings (SSSR count). The quantitative estimate of drug-likeness (QED) is 0.876. The Morgan fingerprint density at radius 2 is 2.21 bits per heavy atom. The Morgan fingerprint density at radius 3 is 2.89 bits per heavy atom. The summed E-state index contributed by atoms with van der Waals surface area (Å²) in [6.45, 7) is 7.36. The van der Waals surface area contributed by atoms with Crippen molar-refractivity contribution in [1.29, 1.82) is 0 Å². The molecule has 0 aliphatic heterocycles. The van der Waals surface area contributed by atoms with Gasteiger partial charge in [0.2, 0.25) is 5.95 Å². The van der Waals surface area contributed by atoms with Crippen LogP contribution in [0.4, 0.5) is 5.95 Å². The van der Waals surface area contributed by atoms with Crippen LogP contribution in [0.2, 0.25) is 0 Å². The molecule has 1 aromatic heterocycles. The minimum Gasteiger partial charge on any atom is -0.349 e. The molecule has 1 aromatic carbocycles. The second-order valence-corrected chi connectivity index (χ2v) is 5.74. The second-order valence-electron chi connectivity index (χ2n) is 4.82. The monoisotopic (exact) mass is 321 g/mol. The molecule has 3 nitrogen and oxygen atoms in total. The molecule has 0 aliphatic carbocycles. The number of nitrogens with zero attached hydrogens (tertiary/aromatic N) is 2. The highest BCUT2D eigenvalue weighted by Gasteiger charge is 2.10. The molecule has 0 saturated heterocycles. The molecule has 102 valence electrons. The molecule has 1 N–H and O–H groups in total. The summed E-state index contributed by atoms with van der Waals surface area (Å²) >= 11 is 3.51. The summed E-state index contributed by atoms with van der Waals surface area (Å²) in [4.78, 5) is 4.56. The number of anilines is 1. The second kappa shape index (κ2) is 6.24. The van der Waals surface area contributed by atoms with E-state index < -0.39 is 0 Å². The first-order valence-corrected chi connectivity index (χ1v) is 7.45. The van der Waals surface area contributed by atoms with Gasteiger partial charge in [-0.3, -0.25) is 0 Å². The number of rotatable bonds is 5. The zero-order chi connectivity index (χ0) is 13.8. The van der Waals surface area contributed by atoms with E-state index in [4.69, 9.17) is 0 Å². The standard InChI is InChI=1S/C15H20BrN3/c1-4-8-19-10-11(2)17-15(19)18-12(3)13-6-5-7-14(16)9-13/h5-7,9-10,12H,4,8H2,1-3H3,(H,17,18). The highest BCUT2D eigenvalue weighted by molar-refractivity contribution is 9.10. The number of aromatic nitrogens is 2. The number of hydrogen-bond donors (Lipinski definition) is 1. The molecule has 4 heteroatoms.